The van der Waals surface area contributed by atoms with Crippen molar-refractivity contribution in [2.24, 2.45) is 34.8 Å². The van der Waals surface area contributed by atoms with Crippen molar-refractivity contribution in [1.29, 1.82) is 0 Å². The van der Waals surface area contributed by atoms with Crippen molar-refractivity contribution < 1.29 is 44.5 Å². The van der Waals surface area contributed by atoms with Crippen LogP contribution >= 0.6 is 0 Å². The lowest BCUT2D eigenvalue weighted by molar-refractivity contribution is -0.320. The second-order valence-corrected chi connectivity index (χ2v) is 9.53. The molecule has 0 radical (unpaired) electrons. The summed E-state index contributed by atoms with van der Waals surface area (Å²) in [6, 6.07) is -2.50. The Labute approximate surface area is 192 Å². The Kier molecular flexibility index (Phi) is 9.05. The molecule has 0 amide bonds. The van der Waals surface area contributed by atoms with Crippen LogP contribution in [0.3, 0.4) is 0 Å². The first-order valence-electron chi connectivity index (χ1n) is 11.4. The molecule has 0 aromatic rings. The van der Waals surface area contributed by atoms with Crippen molar-refractivity contribution in [3.8, 4) is 0 Å². The van der Waals surface area contributed by atoms with E-state index in [1.807, 2.05) is 13.8 Å². The minimum absolute atomic E-state index is 0.100. The Morgan fingerprint density at radius 3 is 1.85 bits per heavy atom. The average molecular weight is 481 g/mol. The van der Waals surface area contributed by atoms with Crippen LogP contribution in [-0.4, -0.2) is 118 Å². The van der Waals surface area contributed by atoms with E-state index in [2.05, 4.69) is 0 Å². The molecule has 2 aliphatic heterocycles. The van der Waals surface area contributed by atoms with Gasteiger partial charge < -0.3 is 67.4 Å². The first-order chi connectivity index (χ1) is 15.5. The van der Waals surface area contributed by atoms with Crippen LogP contribution in [0.25, 0.3) is 0 Å². The summed E-state index contributed by atoms with van der Waals surface area (Å²) in [5.41, 5.74) is 24.0. The summed E-state index contributed by atoms with van der Waals surface area (Å²) in [7, 11) is 0. The van der Waals surface area contributed by atoms with E-state index < -0.39 is 86.1 Å². The Balaban J connectivity index is 1.72. The Morgan fingerprint density at radius 2 is 1.30 bits per heavy atom. The highest BCUT2D eigenvalue weighted by Gasteiger charge is 2.50. The van der Waals surface area contributed by atoms with Crippen LogP contribution in [-0.2, 0) is 18.9 Å². The minimum atomic E-state index is -1.42. The van der Waals surface area contributed by atoms with E-state index in [0.717, 1.165) is 0 Å². The maximum Gasteiger partial charge on any atom is 0.186 e. The van der Waals surface area contributed by atoms with Crippen LogP contribution in [0.5, 0.6) is 0 Å². The summed E-state index contributed by atoms with van der Waals surface area (Å²) in [6.45, 7) is 3.29. The zero-order valence-corrected chi connectivity index (χ0v) is 19.0. The highest BCUT2D eigenvalue weighted by molar-refractivity contribution is 5.01. The van der Waals surface area contributed by atoms with Gasteiger partial charge in [0.15, 0.2) is 12.6 Å². The molecule has 13 heteroatoms. The monoisotopic (exact) mass is 480 g/mol. The van der Waals surface area contributed by atoms with Crippen molar-refractivity contribution >= 4 is 0 Å². The van der Waals surface area contributed by atoms with Crippen molar-refractivity contribution in [3.05, 3.63) is 0 Å². The number of aliphatic hydroxyl groups is 5. The quantitative estimate of drug-likeness (QED) is 0.174. The number of rotatable bonds is 6. The van der Waals surface area contributed by atoms with E-state index >= 15 is 0 Å². The lowest BCUT2D eigenvalue weighted by Crippen LogP contribution is -2.68. The van der Waals surface area contributed by atoms with E-state index in [0.29, 0.717) is 0 Å². The Morgan fingerprint density at radius 1 is 0.758 bits per heavy atom. The molecular weight excluding hydrogens is 440 g/mol. The Hall–Kier alpha value is -0.520. The van der Waals surface area contributed by atoms with Gasteiger partial charge in [-0.1, -0.05) is 13.8 Å². The summed E-state index contributed by atoms with van der Waals surface area (Å²) < 4.78 is 23.2. The van der Waals surface area contributed by atoms with Gasteiger partial charge in [-0.2, -0.15) is 0 Å². The first-order valence-corrected chi connectivity index (χ1v) is 11.4. The zero-order valence-electron chi connectivity index (χ0n) is 19.0. The van der Waals surface area contributed by atoms with Crippen molar-refractivity contribution in [3.63, 3.8) is 0 Å². The van der Waals surface area contributed by atoms with Gasteiger partial charge in [0.05, 0.1) is 24.9 Å². The number of hydrogen-bond donors (Lipinski definition) is 9. The number of aliphatic hydroxyl groups excluding tert-OH is 5. The van der Waals surface area contributed by atoms with Gasteiger partial charge in [-0.15, -0.1) is 0 Å². The van der Waals surface area contributed by atoms with E-state index in [1.165, 1.54) is 0 Å². The maximum absolute atomic E-state index is 11.1. The molecule has 15 atom stereocenters. The second-order valence-electron chi connectivity index (χ2n) is 9.53. The molecule has 1 saturated carbocycles. The summed E-state index contributed by atoms with van der Waals surface area (Å²) in [5.74, 6) is -0.386. The van der Waals surface area contributed by atoms with Gasteiger partial charge >= 0.3 is 0 Å². The topological polar surface area (TPSA) is 242 Å². The molecule has 3 fully saturated rings. The fourth-order valence-electron chi connectivity index (χ4n) is 4.80. The molecule has 6 unspecified atom stereocenters. The third-order valence-corrected chi connectivity index (χ3v) is 7.30. The third-order valence-electron chi connectivity index (χ3n) is 7.30. The lowest BCUT2D eigenvalue weighted by atomic mass is 9.82. The second kappa shape index (κ2) is 11.0. The summed E-state index contributed by atoms with van der Waals surface area (Å²) >= 11 is 0. The summed E-state index contributed by atoms with van der Waals surface area (Å²) in [6.07, 6.45) is -10.4. The molecule has 3 aliphatic rings. The molecule has 13 nitrogen and oxygen atoms in total. The van der Waals surface area contributed by atoms with Crippen LogP contribution in [0.15, 0.2) is 0 Å². The van der Waals surface area contributed by atoms with Crippen molar-refractivity contribution in [1.82, 2.24) is 0 Å². The van der Waals surface area contributed by atoms with Gasteiger partial charge in [-0.05, 0) is 12.3 Å². The molecule has 0 aromatic carbocycles. The standard InChI is InChI=1S/C20H40N4O9/c1-6-7(2)19(30-10(4-21)13(6)26)32-17-8(22)3-9(23)18(16(17)29)33-20-15(28)12(24)14(27)11(5-25)31-20/h6-20,25-29H,3-5,21-24H2,1-2H3/t6-,7?,8?,9-,10?,11-,12?,13+,14-,15-,16+,17-,18?,19-,20?/m1/s1. The number of ether oxygens (including phenoxy) is 4. The molecule has 1 aliphatic carbocycles. The normalized spacial score (nSPS) is 53.7. The third kappa shape index (κ3) is 5.35. The van der Waals surface area contributed by atoms with Crippen LogP contribution < -0.4 is 22.9 Å². The van der Waals surface area contributed by atoms with E-state index in [9.17, 15) is 25.5 Å². The van der Waals surface area contributed by atoms with Crippen molar-refractivity contribution in [2.75, 3.05) is 13.2 Å². The van der Waals surface area contributed by atoms with Crippen molar-refractivity contribution in [2.45, 2.75) is 99.8 Å². The van der Waals surface area contributed by atoms with E-state index in [4.69, 9.17) is 41.9 Å². The highest BCUT2D eigenvalue weighted by atomic mass is 16.7. The van der Waals surface area contributed by atoms with Crippen LogP contribution in [0.2, 0.25) is 0 Å². The van der Waals surface area contributed by atoms with Gasteiger partial charge in [0.1, 0.15) is 36.6 Å². The zero-order chi connectivity index (χ0) is 24.6. The SMILES string of the molecule is CC1[C@@H](O[C@@H]2C(N)C[C@@H](N)C(OC3O[C@H](CO)[C@@H](O)C(N)[C@H]3O)[C@H]2O)OC(CN)[C@@H](O)[C@@H]1C. The first kappa shape index (κ1) is 27.1. The van der Waals surface area contributed by atoms with E-state index in [1.54, 1.807) is 0 Å². The Bertz CT molecular complexity index is 582. The maximum atomic E-state index is 11.1. The minimum Gasteiger partial charge on any atom is -0.394 e. The van der Waals surface area contributed by atoms with Gasteiger partial charge in [-0.25, -0.2) is 0 Å². The van der Waals surface area contributed by atoms with Gasteiger partial charge in [0.25, 0.3) is 0 Å². The smallest absolute Gasteiger partial charge is 0.186 e. The largest absolute Gasteiger partial charge is 0.394 e. The molecule has 0 aromatic heterocycles. The number of nitrogens with two attached hydrogens (primary N) is 4. The van der Waals surface area contributed by atoms with Crippen LogP contribution in [0.4, 0.5) is 0 Å². The molecule has 2 heterocycles. The molecule has 3 rings (SSSR count). The predicted octanol–water partition coefficient (Wildman–Crippen LogP) is -4.74. The molecule has 13 N–H and O–H groups in total. The lowest BCUT2D eigenvalue weighted by Gasteiger charge is -2.48. The average Bonchev–Trinajstić information content (AvgIpc) is 2.79. The molecule has 194 valence electrons. The van der Waals surface area contributed by atoms with Crippen LogP contribution in [0, 0.1) is 11.8 Å². The molecule has 2 saturated heterocycles. The van der Waals surface area contributed by atoms with Crippen LogP contribution in [0.1, 0.15) is 20.3 Å². The van der Waals surface area contributed by atoms with E-state index in [-0.39, 0.29) is 24.8 Å². The predicted molar refractivity (Wildman–Crippen MR) is 114 cm³/mol. The fraction of sp³-hybridized carbons (Fsp3) is 1.00. The molecule has 0 spiro atoms. The fourth-order valence-corrected chi connectivity index (χ4v) is 4.80. The molecule has 0 bridgehead atoms. The molecular formula is C20H40N4O9. The van der Waals surface area contributed by atoms with Gasteiger partial charge in [0, 0.05) is 24.5 Å². The van der Waals surface area contributed by atoms with Gasteiger partial charge in [0.2, 0.25) is 0 Å². The highest BCUT2D eigenvalue weighted by Crippen LogP contribution is 2.35. The molecule has 33 heavy (non-hydrogen) atoms. The summed E-state index contributed by atoms with van der Waals surface area (Å²) in [5, 5.41) is 51.3. The number of hydrogen-bond acceptors (Lipinski definition) is 13. The summed E-state index contributed by atoms with van der Waals surface area (Å²) in [4.78, 5) is 0. The van der Waals surface area contributed by atoms with Gasteiger partial charge in [-0.3, -0.25) is 0 Å².